The van der Waals surface area contributed by atoms with Crippen LogP contribution in [0.1, 0.15) is 19.8 Å². The number of imidazole rings is 1. The molecular formula is C12H16ClN5O. The van der Waals surface area contributed by atoms with Crippen LogP contribution in [-0.2, 0) is 4.74 Å². The minimum absolute atomic E-state index is 0.208. The second-order valence-electron chi connectivity index (χ2n) is 5.22. The van der Waals surface area contributed by atoms with Gasteiger partial charge in [0.05, 0.1) is 6.33 Å². The molecule has 0 radical (unpaired) electrons. The van der Waals surface area contributed by atoms with Gasteiger partial charge in [-0.05, 0) is 29.9 Å². The second kappa shape index (κ2) is 4.94. The van der Waals surface area contributed by atoms with Gasteiger partial charge in [0.25, 0.3) is 0 Å². The monoisotopic (exact) mass is 281 g/mol. The van der Waals surface area contributed by atoms with Crippen LogP contribution in [0.25, 0.3) is 11.2 Å². The first-order valence-corrected chi connectivity index (χ1v) is 6.72. The third kappa shape index (κ3) is 2.64. The quantitative estimate of drug-likeness (QED) is 0.844. The Morgan fingerprint density at radius 2 is 2.21 bits per heavy atom. The van der Waals surface area contributed by atoms with Crippen molar-refractivity contribution in [1.29, 1.82) is 0 Å². The molecule has 6 nitrogen and oxygen atoms in total. The van der Waals surface area contributed by atoms with Crippen molar-refractivity contribution in [2.24, 2.45) is 5.41 Å². The lowest BCUT2D eigenvalue weighted by Crippen LogP contribution is -2.33. The largest absolute Gasteiger partial charge is 0.381 e. The molecule has 2 aromatic rings. The van der Waals surface area contributed by atoms with Crippen molar-refractivity contribution < 1.29 is 4.74 Å². The third-order valence-corrected chi connectivity index (χ3v) is 3.81. The first-order chi connectivity index (χ1) is 9.16. The summed E-state index contributed by atoms with van der Waals surface area (Å²) < 4.78 is 5.40. The molecule has 0 atom stereocenters. The van der Waals surface area contributed by atoms with Gasteiger partial charge in [-0.15, -0.1) is 0 Å². The van der Waals surface area contributed by atoms with Gasteiger partial charge < -0.3 is 15.0 Å². The van der Waals surface area contributed by atoms with E-state index in [1.807, 2.05) is 0 Å². The highest BCUT2D eigenvalue weighted by Crippen LogP contribution is 2.30. The zero-order chi connectivity index (χ0) is 13.3. The fourth-order valence-electron chi connectivity index (χ4n) is 2.27. The molecular weight excluding hydrogens is 266 g/mol. The Bertz CT molecular complexity index is 579. The number of aromatic amines is 1. The lowest BCUT2D eigenvalue weighted by Gasteiger charge is -2.33. The van der Waals surface area contributed by atoms with Gasteiger partial charge in [0.15, 0.2) is 11.5 Å². The summed E-state index contributed by atoms with van der Waals surface area (Å²) in [5, 5.41) is 3.57. The maximum atomic E-state index is 5.90. The van der Waals surface area contributed by atoms with Crippen molar-refractivity contribution in [1.82, 2.24) is 19.9 Å². The first-order valence-electron chi connectivity index (χ1n) is 6.35. The van der Waals surface area contributed by atoms with Crippen LogP contribution in [0.4, 0.5) is 5.82 Å². The Morgan fingerprint density at radius 1 is 1.42 bits per heavy atom. The smallest absolute Gasteiger partial charge is 0.226 e. The molecule has 2 N–H and O–H groups in total. The van der Waals surface area contributed by atoms with Gasteiger partial charge in [-0.1, -0.05) is 6.92 Å². The Labute approximate surface area is 115 Å². The van der Waals surface area contributed by atoms with E-state index in [4.69, 9.17) is 16.3 Å². The minimum Gasteiger partial charge on any atom is -0.381 e. The van der Waals surface area contributed by atoms with Gasteiger partial charge in [-0.2, -0.15) is 9.97 Å². The SMILES string of the molecule is CC1(CNc2nc(Cl)nc3nc[nH]c23)CCOCC1. The molecule has 0 bridgehead atoms. The van der Waals surface area contributed by atoms with Crippen LogP contribution >= 0.6 is 11.6 Å². The highest BCUT2D eigenvalue weighted by molar-refractivity contribution is 6.28. The van der Waals surface area contributed by atoms with Crippen LogP contribution in [0.15, 0.2) is 6.33 Å². The van der Waals surface area contributed by atoms with Gasteiger partial charge in [0.1, 0.15) is 5.52 Å². The summed E-state index contributed by atoms with van der Waals surface area (Å²) in [6, 6.07) is 0. The summed E-state index contributed by atoms with van der Waals surface area (Å²) in [6.07, 6.45) is 3.69. The number of nitrogens with one attached hydrogen (secondary N) is 2. The summed E-state index contributed by atoms with van der Waals surface area (Å²) in [5.41, 5.74) is 1.60. The van der Waals surface area contributed by atoms with E-state index in [1.165, 1.54) is 0 Å². The predicted molar refractivity (Wildman–Crippen MR) is 73.3 cm³/mol. The zero-order valence-electron chi connectivity index (χ0n) is 10.7. The van der Waals surface area contributed by atoms with Crippen LogP contribution in [0.3, 0.4) is 0 Å². The van der Waals surface area contributed by atoms with Crippen molar-refractivity contribution >= 4 is 28.6 Å². The lowest BCUT2D eigenvalue weighted by atomic mass is 9.82. The van der Waals surface area contributed by atoms with E-state index in [0.717, 1.165) is 38.1 Å². The molecule has 0 aliphatic carbocycles. The molecule has 3 rings (SSSR count). The van der Waals surface area contributed by atoms with Gasteiger partial charge >= 0.3 is 0 Å². The number of hydrogen-bond donors (Lipinski definition) is 2. The molecule has 0 spiro atoms. The van der Waals surface area contributed by atoms with Crippen LogP contribution in [0.5, 0.6) is 0 Å². The van der Waals surface area contributed by atoms with Crippen molar-refractivity contribution in [3.63, 3.8) is 0 Å². The highest BCUT2D eigenvalue weighted by atomic mass is 35.5. The molecule has 19 heavy (non-hydrogen) atoms. The average molecular weight is 282 g/mol. The molecule has 1 aliphatic heterocycles. The standard InChI is InChI=1S/C12H16ClN5O/c1-12(2-4-19-5-3-12)6-14-9-8-10(16-7-15-8)18-11(13)17-9/h7H,2-6H2,1H3,(H2,14,15,16,17,18). The van der Waals surface area contributed by atoms with E-state index < -0.39 is 0 Å². The maximum Gasteiger partial charge on any atom is 0.226 e. The molecule has 3 heterocycles. The Kier molecular flexibility index (Phi) is 3.28. The van der Waals surface area contributed by atoms with Crippen LogP contribution in [-0.4, -0.2) is 39.7 Å². The summed E-state index contributed by atoms with van der Waals surface area (Å²) in [4.78, 5) is 15.4. The molecule has 0 unspecified atom stereocenters. The third-order valence-electron chi connectivity index (χ3n) is 3.64. The molecule has 2 aromatic heterocycles. The maximum absolute atomic E-state index is 5.90. The summed E-state index contributed by atoms with van der Waals surface area (Å²) in [6.45, 7) is 4.73. The van der Waals surface area contributed by atoms with E-state index in [0.29, 0.717) is 11.5 Å². The Morgan fingerprint density at radius 3 is 3.00 bits per heavy atom. The van der Waals surface area contributed by atoms with E-state index in [-0.39, 0.29) is 10.7 Å². The summed E-state index contributed by atoms with van der Waals surface area (Å²) in [7, 11) is 0. The van der Waals surface area contributed by atoms with E-state index >= 15 is 0 Å². The Hall–Kier alpha value is -1.40. The summed E-state index contributed by atoms with van der Waals surface area (Å²) >= 11 is 5.90. The lowest BCUT2D eigenvalue weighted by molar-refractivity contribution is 0.0300. The summed E-state index contributed by atoms with van der Waals surface area (Å²) in [5.74, 6) is 0.709. The van der Waals surface area contributed by atoms with Gasteiger partial charge in [-0.25, -0.2) is 4.98 Å². The van der Waals surface area contributed by atoms with Crippen molar-refractivity contribution in [3.8, 4) is 0 Å². The fraction of sp³-hybridized carbons (Fsp3) is 0.583. The molecule has 1 aliphatic rings. The van der Waals surface area contributed by atoms with E-state index in [9.17, 15) is 0 Å². The molecule has 102 valence electrons. The Balaban J connectivity index is 1.79. The number of H-pyrrole nitrogens is 1. The number of rotatable bonds is 3. The number of ether oxygens (including phenoxy) is 1. The zero-order valence-corrected chi connectivity index (χ0v) is 11.5. The molecule has 0 saturated carbocycles. The highest BCUT2D eigenvalue weighted by Gasteiger charge is 2.27. The average Bonchev–Trinajstić information content (AvgIpc) is 2.85. The first kappa shape index (κ1) is 12.6. The van der Waals surface area contributed by atoms with Gasteiger partial charge in [0.2, 0.25) is 5.28 Å². The normalized spacial score (nSPS) is 18.6. The van der Waals surface area contributed by atoms with Crippen LogP contribution in [0.2, 0.25) is 5.28 Å². The van der Waals surface area contributed by atoms with Gasteiger partial charge in [0, 0.05) is 19.8 Å². The number of anilines is 1. The van der Waals surface area contributed by atoms with Crippen LogP contribution < -0.4 is 5.32 Å². The predicted octanol–water partition coefficient (Wildman–Crippen LogP) is 2.23. The molecule has 1 fully saturated rings. The van der Waals surface area contributed by atoms with Crippen LogP contribution in [0, 0.1) is 5.41 Å². The number of halogens is 1. The second-order valence-corrected chi connectivity index (χ2v) is 5.56. The number of nitrogens with zero attached hydrogens (tertiary/aromatic N) is 3. The molecule has 0 aromatic carbocycles. The van der Waals surface area contributed by atoms with E-state index in [1.54, 1.807) is 6.33 Å². The van der Waals surface area contributed by atoms with E-state index in [2.05, 4.69) is 32.2 Å². The number of fused-ring (bicyclic) bond motifs is 1. The van der Waals surface area contributed by atoms with Crippen molar-refractivity contribution in [2.45, 2.75) is 19.8 Å². The fourth-order valence-corrected chi connectivity index (χ4v) is 2.44. The van der Waals surface area contributed by atoms with Crippen molar-refractivity contribution in [2.75, 3.05) is 25.1 Å². The molecule has 1 saturated heterocycles. The minimum atomic E-state index is 0.208. The van der Waals surface area contributed by atoms with Crippen molar-refractivity contribution in [3.05, 3.63) is 11.6 Å². The van der Waals surface area contributed by atoms with Gasteiger partial charge in [-0.3, -0.25) is 0 Å². The molecule has 0 amide bonds. The number of aromatic nitrogens is 4. The number of hydrogen-bond acceptors (Lipinski definition) is 5. The molecule has 7 heteroatoms. The topological polar surface area (TPSA) is 75.7 Å².